The molecule has 0 aliphatic carbocycles. The number of carbonyl (C=O) groups is 1. The van der Waals surface area contributed by atoms with Gasteiger partial charge in [0.2, 0.25) is 0 Å². The average Bonchev–Trinajstić information content (AvgIpc) is 2.79. The molecule has 2 rings (SSSR count). The molecule has 4 nitrogen and oxygen atoms in total. The van der Waals surface area contributed by atoms with Gasteiger partial charge in [-0.2, -0.15) is 5.10 Å². The first-order chi connectivity index (χ1) is 9.63. The monoisotopic (exact) mass is 294 g/mol. The van der Waals surface area contributed by atoms with E-state index in [0.29, 0.717) is 22.8 Å². The summed E-state index contributed by atoms with van der Waals surface area (Å²) in [6.07, 6.45) is 1.48. The van der Waals surface area contributed by atoms with Crippen molar-refractivity contribution in [2.75, 3.05) is 6.61 Å². The maximum absolute atomic E-state index is 13.6. The molecule has 0 radical (unpaired) electrons. The van der Waals surface area contributed by atoms with Crippen molar-refractivity contribution in [1.29, 1.82) is 0 Å². The highest BCUT2D eigenvalue weighted by atomic mass is 32.2. The molecule has 20 heavy (non-hydrogen) atoms. The van der Waals surface area contributed by atoms with Gasteiger partial charge in [-0.3, -0.25) is 4.68 Å². The number of rotatable bonds is 5. The number of aromatic nitrogens is 2. The zero-order valence-electron chi connectivity index (χ0n) is 11.3. The van der Waals surface area contributed by atoms with Crippen LogP contribution < -0.4 is 0 Å². The Balaban J connectivity index is 2.15. The predicted octanol–water partition coefficient (Wildman–Crippen LogP) is 3.03. The minimum absolute atomic E-state index is 0.266. The number of aryl methyl sites for hydroxylation is 1. The highest BCUT2D eigenvalue weighted by Crippen LogP contribution is 2.26. The van der Waals surface area contributed by atoms with E-state index in [2.05, 4.69) is 5.10 Å². The van der Waals surface area contributed by atoms with Crippen molar-refractivity contribution < 1.29 is 13.9 Å². The highest BCUT2D eigenvalue weighted by molar-refractivity contribution is 7.98. The van der Waals surface area contributed by atoms with E-state index in [0.717, 1.165) is 5.69 Å². The fraction of sp³-hybridized carbons (Fsp3) is 0.286. The van der Waals surface area contributed by atoms with Crippen LogP contribution >= 0.6 is 11.8 Å². The van der Waals surface area contributed by atoms with Crippen molar-refractivity contribution in [2.24, 2.45) is 7.05 Å². The quantitative estimate of drug-likeness (QED) is 0.628. The van der Waals surface area contributed by atoms with E-state index in [1.54, 1.807) is 36.9 Å². The molecule has 1 heterocycles. The number of hydrogen-bond acceptors (Lipinski definition) is 4. The first-order valence-electron chi connectivity index (χ1n) is 6.18. The van der Waals surface area contributed by atoms with Gasteiger partial charge in [0.25, 0.3) is 0 Å². The van der Waals surface area contributed by atoms with Crippen molar-refractivity contribution in [3.63, 3.8) is 0 Å². The van der Waals surface area contributed by atoms with Crippen molar-refractivity contribution in [2.45, 2.75) is 17.6 Å². The lowest BCUT2D eigenvalue weighted by atomic mass is 10.3. The molecular weight excluding hydrogens is 279 g/mol. The molecule has 0 saturated heterocycles. The fourth-order valence-electron chi connectivity index (χ4n) is 1.72. The van der Waals surface area contributed by atoms with Crippen LogP contribution in [0.2, 0.25) is 0 Å². The van der Waals surface area contributed by atoms with Crippen LogP contribution in [0.4, 0.5) is 4.39 Å². The van der Waals surface area contributed by atoms with E-state index in [1.807, 2.05) is 0 Å². The van der Waals surface area contributed by atoms with Gasteiger partial charge in [0.15, 0.2) is 0 Å². The molecule has 1 aromatic heterocycles. The number of hydrogen-bond donors (Lipinski definition) is 0. The van der Waals surface area contributed by atoms with Gasteiger partial charge in [0.05, 0.1) is 18.5 Å². The summed E-state index contributed by atoms with van der Waals surface area (Å²) in [5.41, 5.74) is 1.15. The minimum atomic E-state index is -0.398. The minimum Gasteiger partial charge on any atom is -0.462 e. The van der Waals surface area contributed by atoms with E-state index in [4.69, 9.17) is 4.74 Å². The number of nitrogens with zero attached hydrogens (tertiary/aromatic N) is 2. The smallest absolute Gasteiger partial charge is 0.341 e. The van der Waals surface area contributed by atoms with Gasteiger partial charge in [0.1, 0.15) is 11.4 Å². The van der Waals surface area contributed by atoms with Crippen LogP contribution in [0.3, 0.4) is 0 Å². The maximum Gasteiger partial charge on any atom is 0.341 e. The van der Waals surface area contributed by atoms with Gasteiger partial charge in [-0.15, -0.1) is 11.8 Å². The van der Waals surface area contributed by atoms with Crippen molar-refractivity contribution in [3.05, 3.63) is 47.5 Å². The summed E-state index contributed by atoms with van der Waals surface area (Å²) in [6, 6.07) is 6.55. The van der Waals surface area contributed by atoms with E-state index < -0.39 is 5.97 Å². The third kappa shape index (κ3) is 3.19. The molecular formula is C14H15FN2O2S. The molecule has 0 aliphatic rings. The van der Waals surface area contributed by atoms with Gasteiger partial charge in [-0.25, -0.2) is 9.18 Å². The lowest BCUT2D eigenvalue weighted by molar-refractivity contribution is 0.0525. The third-order valence-electron chi connectivity index (χ3n) is 2.76. The van der Waals surface area contributed by atoms with E-state index in [1.165, 1.54) is 24.0 Å². The Labute approximate surface area is 120 Å². The van der Waals surface area contributed by atoms with Crippen molar-refractivity contribution in [1.82, 2.24) is 9.78 Å². The Morgan fingerprint density at radius 2 is 2.20 bits per heavy atom. The zero-order chi connectivity index (χ0) is 14.5. The van der Waals surface area contributed by atoms with Crippen molar-refractivity contribution in [3.8, 4) is 0 Å². The molecule has 1 aromatic carbocycles. The number of carbonyl (C=O) groups excluding carboxylic acids is 1. The number of esters is 1. The lowest BCUT2D eigenvalue weighted by Gasteiger charge is -2.06. The Morgan fingerprint density at radius 3 is 2.90 bits per heavy atom. The van der Waals surface area contributed by atoms with Crippen LogP contribution in [0.1, 0.15) is 23.0 Å². The Bertz CT molecular complexity index is 613. The fourth-order valence-corrected chi connectivity index (χ4v) is 2.74. The second kappa shape index (κ2) is 6.56. The van der Waals surface area contributed by atoms with Crippen LogP contribution in [-0.2, 0) is 17.5 Å². The normalized spacial score (nSPS) is 10.6. The van der Waals surface area contributed by atoms with Crippen LogP contribution in [0, 0.1) is 5.82 Å². The summed E-state index contributed by atoms with van der Waals surface area (Å²) in [7, 11) is 1.75. The molecule has 0 saturated carbocycles. The molecule has 0 bridgehead atoms. The van der Waals surface area contributed by atoms with Gasteiger partial charge in [-0.1, -0.05) is 12.1 Å². The standard InChI is InChI=1S/C14H15FN2O2S/c1-3-19-14(18)10-8-16-17(2)12(10)9-20-13-7-5-4-6-11(13)15/h4-8H,3,9H2,1-2H3. The van der Waals surface area contributed by atoms with Crippen molar-refractivity contribution >= 4 is 17.7 Å². The van der Waals surface area contributed by atoms with Crippen LogP contribution in [0.15, 0.2) is 35.4 Å². The number of ether oxygens (including phenoxy) is 1. The van der Waals surface area contributed by atoms with E-state index in [-0.39, 0.29) is 5.82 Å². The molecule has 0 atom stereocenters. The Hall–Kier alpha value is -1.82. The molecule has 0 fully saturated rings. The lowest BCUT2D eigenvalue weighted by Crippen LogP contribution is -2.08. The Morgan fingerprint density at radius 1 is 1.45 bits per heavy atom. The molecule has 106 valence electrons. The summed E-state index contributed by atoms with van der Waals surface area (Å²) < 4.78 is 20.2. The molecule has 0 amide bonds. The molecule has 0 spiro atoms. The molecule has 0 unspecified atom stereocenters. The molecule has 0 aliphatic heterocycles. The first-order valence-corrected chi connectivity index (χ1v) is 7.17. The van der Waals surface area contributed by atoms with Crippen LogP contribution in [-0.4, -0.2) is 22.4 Å². The summed E-state index contributed by atoms with van der Waals surface area (Å²) >= 11 is 1.32. The number of benzene rings is 1. The first kappa shape index (κ1) is 14.6. The predicted molar refractivity (Wildman–Crippen MR) is 75.1 cm³/mol. The molecule has 2 aromatic rings. The second-order valence-electron chi connectivity index (χ2n) is 4.07. The SMILES string of the molecule is CCOC(=O)c1cnn(C)c1CSc1ccccc1F. The molecule has 6 heteroatoms. The van der Waals surface area contributed by atoms with Gasteiger partial charge >= 0.3 is 5.97 Å². The summed E-state index contributed by atoms with van der Waals surface area (Å²) in [4.78, 5) is 12.3. The average molecular weight is 294 g/mol. The van der Waals surface area contributed by atoms with Gasteiger partial charge < -0.3 is 4.74 Å². The summed E-state index contributed by atoms with van der Waals surface area (Å²) in [5.74, 6) is -0.215. The molecule has 0 N–H and O–H groups in total. The largest absolute Gasteiger partial charge is 0.462 e. The summed E-state index contributed by atoms with van der Waals surface area (Å²) in [5, 5.41) is 4.06. The third-order valence-corrected chi connectivity index (χ3v) is 3.82. The highest BCUT2D eigenvalue weighted by Gasteiger charge is 2.17. The number of halogens is 1. The summed E-state index contributed by atoms with van der Waals surface area (Å²) in [6.45, 7) is 2.07. The number of thioether (sulfide) groups is 1. The zero-order valence-corrected chi connectivity index (χ0v) is 12.1. The van der Waals surface area contributed by atoms with E-state index in [9.17, 15) is 9.18 Å². The maximum atomic E-state index is 13.6. The van der Waals surface area contributed by atoms with Gasteiger partial charge in [-0.05, 0) is 19.1 Å². The van der Waals surface area contributed by atoms with Crippen LogP contribution in [0.25, 0.3) is 0 Å². The Kier molecular flexibility index (Phi) is 4.79. The second-order valence-corrected chi connectivity index (χ2v) is 5.09. The van der Waals surface area contributed by atoms with E-state index >= 15 is 0 Å². The van der Waals surface area contributed by atoms with Crippen LogP contribution in [0.5, 0.6) is 0 Å². The topological polar surface area (TPSA) is 44.1 Å². The van der Waals surface area contributed by atoms with Gasteiger partial charge in [0, 0.05) is 17.7 Å².